The van der Waals surface area contributed by atoms with Gasteiger partial charge in [-0.3, -0.25) is 14.4 Å². The average Bonchev–Trinajstić information content (AvgIpc) is 2.42. The first-order valence-corrected chi connectivity index (χ1v) is 4.87. The fraction of sp³-hybridized carbons (Fsp3) is 0. The van der Waals surface area contributed by atoms with Crippen LogP contribution in [-0.2, 0) is 0 Å². The van der Waals surface area contributed by atoms with Crippen LogP contribution in [0.2, 0.25) is 0 Å². The first-order valence-electron chi connectivity index (χ1n) is 3.61. The number of carbonyl (C=O) groups is 3. The highest BCUT2D eigenvalue weighted by atomic mass is 32.2. The molecule has 0 spiro atoms. The van der Waals surface area contributed by atoms with Gasteiger partial charge in [-0.05, 0) is 0 Å². The fourth-order valence-corrected chi connectivity index (χ4v) is 2.46. The molecule has 0 radical (unpaired) electrons. The molecule has 1 aromatic heterocycles. The molecule has 0 fully saturated rings. The number of hydrogen-bond donors (Lipinski definition) is 4. The molecular weight excluding hydrogens is 238 g/mol. The molecule has 1 aromatic rings. The third kappa shape index (κ3) is 1.95. The van der Waals surface area contributed by atoms with Crippen LogP contribution < -0.4 is 17.2 Å². The summed E-state index contributed by atoms with van der Waals surface area (Å²) in [5.41, 5.74) is 14.6. The SMILES string of the molecule is NC(=O)c1sc(S)c(C(N)=O)c1C(N)=O. The molecule has 0 saturated heterocycles. The normalized spacial score (nSPS) is 9.93. The maximum absolute atomic E-state index is 11.0. The number of amides is 3. The third-order valence-electron chi connectivity index (χ3n) is 1.61. The molecule has 3 amide bonds. The first kappa shape index (κ1) is 11.5. The number of carbonyl (C=O) groups excluding carboxylic acids is 3. The van der Waals surface area contributed by atoms with Crippen molar-refractivity contribution in [2.45, 2.75) is 4.21 Å². The Bertz CT molecular complexity index is 466. The lowest BCUT2D eigenvalue weighted by atomic mass is 10.1. The van der Waals surface area contributed by atoms with Crippen molar-refractivity contribution in [1.82, 2.24) is 0 Å². The Morgan fingerprint density at radius 3 is 1.73 bits per heavy atom. The monoisotopic (exact) mass is 245 g/mol. The van der Waals surface area contributed by atoms with Gasteiger partial charge in [0.2, 0.25) is 0 Å². The standard InChI is InChI=1S/C7H7N3O3S2/c8-4(11)1-2(5(9)12)7(14)15-3(1)6(10)13/h14H,(H2,8,11)(H2,9,12)(H2,10,13). The predicted octanol–water partition coefficient (Wildman–Crippen LogP) is -0.667. The Hall–Kier alpha value is -1.54. The van der Waals surface area contributed by atoms with Gasteiger partial charge in [-0.2, -0.15) is 0 Å². The summed E-state index contributed by atoms with van der Waals surface area (Å²) >= 11 is 4.71. The molecule has 0 aliphatic heterocycles. The van der Waals surface area contributed by atoms with Crippen molar-refractivity contribution in [3.05, 3.63) is 16.0 Å². The van der Waals surface area contributed by atoms with E-state index in [0.717, 1.165) is 11.3 Å². The zero-order chi connectivity index (χ0) is 11.7. The van der Waals surface area contributed by atoms with Crippen molar-refractivity contribution in [3.8, 4) is 0 Å². The van der Waals surface area contributed by atoms with Gasteiger partial charge < -0.3 is 17.2 Å². The zero-order valence-electron chi connectivity index (χ0n) is 7.31. The number of nitrogens with two attached hydrogens (primary N) is 3. The molecule has 6 nitrogen and oxygen atoms in total. The zero-order valence-corrected chi connectivity index (χ0v) is 9.02. The van der Waals surface area contributed by atoms with Crippen LogP contribution in [0, 0.1) is 0 Å². The van der Waals surface area contributed by atoms with E-state index in [1.54, 1.807) is 0 Å². The third-order valence-corrected chi connectivity index (χ3v) is 3.11. The predicted molar refractivity (Wildman–Crippen MR) is 57.1 cm³/mol. The van der Waals surface area contributed by atoms with Gasteiger partial charge in [0, 0.05) is 0 Å². The molecule has 0 aromatic carbocycles. The molecule has 0 aliphatic carbocycles. The van der Waals surface area contributed by atoms with Crippen LogP contribution >= 0.6 is 24.0 Å². The van der Waals surface area contributed by atoms with Crippen LogP contribution in [0.5, 0.6) is 0 Å². The summed E-state index contributed by atoms with van der Waals surface area (Å²) in [6.45, 7) is 0. The summed E-state index contributed by atoms with van der Waals surface area (Å²) in [4.78, 5) is 32.9. The van der Waals surface area contributed by atoms with Gasteiger partial charge in [0.15, 0.2) is 0 Å². The molecule has 15 heavy (non-hydrogen) atoms. The summed E-state index contributed by atoms with van der Waals surface area (Å²) in [7, 11) is 0. The van der Waals surface area contributed by atoms with E-state index >= 15 is 0 Å². The molecule has 8 heteroatoms. The summed E-state index contributed by atoms with van der Waals surface area (Å²) in [6, 6.07) is 0. The number of primary amides is 3. The Labute approximate surface area is 93.8 Å². The van der Waals surface area contributed by atoms with Crippen molar-refractivity contribution < 1.29 is 14.4 Å². The Morgan fingerprint density at radius 1 is 0.933 bits per heavy atom. The van der Waals surface area contributed by atoms with E-state index in [2.05, 4.69) is 12.6 Å². The van der Waals surface area contributed by atoms with Crippen molar-refractivity contribution in [2.75, 3.05) is 0 Å². The maximum Gasteiger partial charge on any atom is 0.259 e. The first-order chi connectivity index (χ1) is 6.86. The number of thiophene rings is 1. The number of hydrogen-bond acceptors (Lipinski definition) is 5. The minimum Gasteiger partial charge on any atom is -0.366 e. The molecule has 0 unspecified atom stereocenters. The second-order valence-corrected chi connectivity index (χ2v) is 4.35. The Kier molecular flexibility index (Phi) is 3.01. The van der Waals surface area contributed by atoms with Crippen LogP contribution in [0.1, 0.15) is 30.4 Å². The van der Waals surface area contributed by atoms with Gasteiger partial charge >= 0.3 is 0 Å². The van der Waals surface area contributed by atoms with Crippen LogP contribution in [0.3, 0.4) is 0 Å². The topological polar surface area (TPSA) is 129 Å². The maximum atomic E-state index is 11.0. The molecular formula is C7H7N3O3S2. The fourth-order valence-electron chi connectivity index (χ4n) is 1.06. The molecule has 0 atom stereocenters. The molecule has 0 aliphatic rings. The van der Waals surface area contributed by atoms with Crippen LogP contribution in [0.4, 0.5) is 0 Å². The Morgan fingerprint density at radius 2 is 1.40 bits per heavy atom. The van der Waals surface area contributed by atoms with E-state index < -0.39 is 17.7 Å². The minimum absolute atomic E-state index is 0.110. The number of thiol groups is 1. The van der Waals surface area contributed by atoms with Crippen molar-refractivity contribution in [2.24, 2.45) is 17.2 Å². The number of rotatable bonds is 3. The van der Waals surface area contributed by atoms with E-state index in [0.29, 0.717) is 0 Å². The highest BCUT2D eigenvalue weighted by Crippen LogP contribution is 2.30. The lowest BCUT2D eigenvalue weighted by Crippen LogP contribution is -2.23. The molecule has 0 bridgehead atoms. The van der Waals surface area contributed by atoms with Gasteiger partial charge in [0.25, 0.3) is 17.7 Å². The summed E-state index contributed by atoms with van der Waals surface area (Å²) in [6.07, 6.45) is 0. The van der Waals surface area contributed by atoms with Crippen molar-refractivity contribution in [1.29, 1.82) is 0 Å². The summed E-state index contributed by atoms with van der Waals surface area (Å²) in [5.74, 6) is -2.66. The van der Waals surface area contributed by atoms with E-state index in [1.165, 1.54) is 0 Å². The van der Waals surface area contributed by atoms with E-state index in [4.69, 9.17) is 17.2 Å². The van der Waals surface area contributed by atoms with Crippen molar-refractivity contribution in [3.63, 3.8) is 0 Å². The van der Waals surface area contributed by atoms with Gasteiger partial charge in [-0.1, -0.05) is 0 Å². The summed E-state index contributed by atoms with van der Waals surface area (Å²) in [5, 5.41) is 0. The summed E-state index contributed by atoms with van der Waals surface area (Å²) < 4.78 is 0.144. The Balaban J connectivity index is 3.59. The van der Waals surface area contributed by atoms with Crippen LogP contribution in [0.25, 0.3) is 0 Å². The lowest BCUT2D eigenvalue weighted by molar-refractivity contribution is 0.0956. The highest BCUT2D eigenvalue weighted by molar-refractivity contribution is 7.83. The van der Waals surface area contributed by atoms with Crippen molar-refractivity contribution >= 4 is 41.7 Å². The second kappa shape index (κ2) is 3.91. The molecule has 1 heterocycles. The van der Waals surface area contributed by atoms with Gasteiger partial charge in [-0.15, -0.1) is 24.0 Å². The smallest absolute Gasteiger partial charge is 0.259 e. The average molecular weight is 245 g/mol. The van der Waals surface area contributed by atoms with Gasteiger partial charge in [0.1, 0.15) is 4.88 Å². The van der Waals surface area contributed by atoms with E-state index in [-0.39, 0.29) is 20.2 Å². The molecule has 0 saturated carbocycles. The quantitative estimate of drug-likeness (QED) is 0.527. The van der Waals surface area contributed by atoms with Gasteiger partial charge in [0.05, 0.1) is 15.3 Å². The molecule has 1 rings (SSSR count). The second-order valence-electron chi connectivity index (χ2n) is 2.58. The molecule has 6 N–H and O–H groups in total. The lowest BCUT2D eigenvalue weighted by Gasteiger charge is -1.98. The molecule has 80 valence electrons. The van der Waals surface area contributed by atoms with Gasteiger partial charge in [-0.25, -0.2) is 0 Å². The highest BCUT2D eigenvalue weighted by Gasteiger charge is 2.26. The largest absolute Gasteiger partial charge is 0.366 e. The van der Waals surface area contributed by atoms with Crippen LogP contribution in [0.15, 0.2) is 4.21 Å². The van der Waals surface area contributed by atoms with E-state index in [9.17, 15) is 14.4 Å². The van der Waals surface area contributed by atoms with Crippen LogP contribution in [-0.4, -0.2) is 17.7 Å². The van der Waals surface area contributed by atoms with E-state index in [1.807, 2.05) is 0 Å². The minimum atomic E-state index is -0.936.